The van der Waals surface area contributed by atoms with Gasteiger partial charge in [0, 0.05) is 26.4 Å². The monoisotopic (exact) mass is 184 g/mol. The molecule has 74 valence electrons. The first-order chi connectivity index (χ1) is 6.11. The first kappa shape index (κ1) is 11.7. The summed E-state index contributed by atoms with van der Waals surface area (Å²) in [5, 5.41) is 3.67. The highest BCUT2D eigenvalue weighted by molar-refractivity contribution is 5.81. The van der Waals surface area contributed by atoms with E-state index in [-0.39, 0.29) is 5.97 Å². The van der Waals surface area contributed by atoms with E-state index in [2.05, 4.69) is 11.3 Å². The first-order valence-electron chi connectivity index (χ1n) is 3.92. The standard InChI is InChI=1S/C9H16N2O2/c1-5-7-11(10(2)3)8-6-9(12)13-4/h5-6,8H,1,7H2,2-4H3/b8-6+. The van der Waals surface area contributed by atoms with Gasteiger partial charge in [0.05, 0.1) is 13.7 Å². The zero-order valence-corrected chi connectivity index (χ0v) is 8.36. The third-order valence-corrected chi connectivity index (χ3v) is 1.41. The number of rotatable bonds is 5. The van der Waals surface area contributed by atoms with Crippen molar-refractivity contribution in [3.63, 3.8) is 0 Å². The van der Waals surface area contributed by atoms with Crippen LogP contribution < -0.4 is 0 Å². The summed E-state index contributed by atoms with van der Waals surface area (Å²) in [6.45, 7) is 4.27. The van der Waals surface area contributed by atoms with E-state index in [1.807, 2.05) is 24.1 Å². The van der Waals surface area contributed by atoms with Gasteiger partial charge in [0.2, 0.25) is 0 Å². The molecule has 0 amide bonds. The fourth-order valence-electron chi connectivity index (χ4n) is 0.705. The molecule has 0 saturated carbocycles. The summed E-state index contributed by atoms with van der Waals surface area (Å²) >= 11 is 0. The number of carbonyl (C=O) groups is 1. The van der Waals surface area contributed by atoms with E-state index in [1.165, 1.54) is 13.2 Å². The third kappa shape index (κ3) is 5.03. The molecule has 0 fully saturated rings. The van der Waals surface area contributed by atoms with Crippen LogP contribution in [0, 0.1) is 0 Å². The van der Waals surface area contributed by atoms with Crippen LogP contribution in [0.2, 0.25) is 0 Å². The molecule has 0 saturated heterocycles. The quantitative estimate of drug-likeness (QED) is 0.272. The SMILES string of the molecule is C=CCN(/C=C/C(=O)OC)N(C)C. The minimum absolute atomic E-state index is 0.365. The van der Waals surface area contributed by atoms with Gasteiger partial charge in [0.1, 0.15) is 0 Å². The smallest absolute Gasteiger partial charge is 0.331 e. The Morgan fingerprint density at radius 3 is 2.54 bits per heavy atom. The van der Waals surface area contributed by atoms with Gasteiger partial charge in [0.25, 0.3) is 0 Å². The first-order valence-corrected chi connectivity index (χ1v) is 3.92. The van der Waals surface area contributed by atoms with Crippen molar-refractivity contribution in [2.24, 2.45) is 0 Å². The number of hydrazine groups is 1. The molecule has 0 bridgehead atoms. The van der Waals surface area contributed by atoms with Gasteiger partial charge in [-0.05, 0) is 0 Å². The molecule has 0 rings (SSSR count). The van der Waals surface area contributed by atoms with Crippen molar-refractivity contribution >= 4 is 5.97 Å². The summed E-state index contributed by atoms with van der Waals surface area (Å²) in [5.74, 6) is -0.365. The van der Waals surface area contributed by atoms with Crippen LogP contribution in [0.4, 0.5) is 0 Å². The average molecular weight is 184 g/mol. The molecule has 0 radical (unpaired) electrons. The highest BCUT2D eigenvalue weighted by atomic mass is 16.5. The summed E-state index contributed by atoms with van der Waals surface area (Å²) in [6.07, 6.45) is 4.76. The largest absolute Gasteiger partial charge is 0.466 e. The molecule has 0 N–H and O–H groups in total. The second kappa shape index (κ2) is 6.25. The summed E-state index contributed by atoms with van der Waals surface area (Å²) in [6, 6.07) is 0. The lowest BCUT2D eigenvalue weighted by molar-refractivity contribution is -0.135. The topological polar surface area (TPSA) is 32.8 Å². The van der Waals surface area contributed by atoms with Crippen molar-refractivity contribution in [3.05, 3.63) is 24.9 Å². The van der Waals surface area contributed by atoms with E-state index in [4.69, 9.17) is 0 Å². The molecule has 4 nitrogen and oxygen atoms in total. The molecular formula is C9H16N2O2. The zero-order chi connectivity index (χ0) is 10.3. The number of carbonyl (C=O) groups excluding carboxylic acids is 1. The van der Waals surface area contributed by atoms with Gasteiger partial charge in [-0.3, -0.25) is 0 Å². The van der Waals surface area contributed by atoms with Crippen LogP contribution in [0.25, 0.3) is 0 Å². The molecule has 13 heavy (non-hydrogen) atoms. The van der Waals surface area contributed by atoms with Crippen LogP contribution in [-0.2, 0) is 9.53 Å². The van der Waals surface area contributed by atoms with Crippen LogP contribution in [0.5, 0.6) is 0 Å². The molecule has 0 heterocycles. The predicted octanol–water partition coefficient (Wildman–Crippen LogP) is 0.638. The number of methoxy groups -OCH3 is 1. The predicted molar refractivity (Wildman–Crippen MR) is 51.7 cm³/mol. The molecular weight excluding hydrogens is 168 g/mol. The van der Waals surface area contributed by atoms with Gasteiger partial charge in [-0.25, -0.2) is 9.80 Å². The molecule has 0 atom stereocenters. The molecule has 0 aromatic heterocycles. The van der Waals surface area contributed by atoms with Crippen LogP contribution in [0.3, 0.4) is 0 Å². The fourth-order valence-corrected chi connectivity index (χ4v) is 0.705. The van der Waals surface area contributed by atoms with Gasteiger partial charge < -0.3 is 9.75 Å². The van der Waals surface area contributed by atoms with Crippen molar-refractivity contribution in [1.82, 2.24) is 10.0 Å². The van der Waals surface area contributed by atoms with Crippen molar-refractivity contribution in [2.75, 3.05) is 27.7 Å². The van der Waals surface area contributed by atoms with Crippen molar-refractivity contribution in [1.29, 1.82) is 0 Å². The van der Waals surface area contributed by atoms with E-state index >= 15 is 0 Å². The lowest BCUT2D eigenvalue weighted by Crippen LogP contribution is -2.32. The van der Waals surface area contributed by atoms with E-state index < -0.39 is 0 Å². The van der Waals surface area contributed by atoms with Gasteiger partial charge in [-0.15, -0.1) is 6.58 Å². The number of esters is 1. The van der Waals surface area contributed by atoms with E-state index in [1.54, 1.807) is 12.3 Å². The molecule has 0 unspecified atom stereocenters. The minimum atomic E-state index is -0.365. The Balaban J connectivity index is 4.15. The minimum Gasteiger partial charge on any atom is -0.466 e. The van der Waals surface area contributed by atoms with Crippen LogP contribution in [0.15, 0.2) is 24.9 Å². The Labute approximate surface area is 79.0 Å². The number of ether oxygens (including phenoxy) is 1. The second-order valence-corrected chi connectivity index (χ2v) is 2.60. The van der Waals surface area contributed by atoms with Gasteiger partial charge in [-0.2, -0.15) is 0 Å². The molecule has 0 aliphatic carbocycles. The summed E-state index contributed by atoms with van der Waals surface area (Å²) in [7, 11) is 5.11. The van der Waals surface area contributed by atoms with E-state index in [9.17, 15) is 4.79 Å². The van der Waals surface area contributed by atoms with Gasteiger partial charge in [0.15, 0.2) is 0 Å². The third-order valence-electron chi connectivity index (χ3n) is 1.41. The van der Waals surface area contributed by atoms with Crippen molar-refractivity contribution in [3.8, 4) is 0 Å². The van der Waals surface area contributed by atoms with Crippen molar-refractivity contribution in [2.45, 2.75) is 0 Å². The Bertz CT molecular complexity index is 200. The molecule has 0 aromatic rings. The summed E-state index contributed by atoms with van der Waals surface area (Å²) < 4.78 is 4.46. The lowest BCUT2D eigenvalue weighted by Gasteiger charge is -2.25. The molecule has 0 aromatic carbocycles. The molecule has 4 heteroatoms. The highest BCUT2D eigenvalue weighted by Crippen LogP contribution is 1.93. The lowest BCUT2D eigenvalue weighted by atomic mass is 10.5. The zero-order valence-electron chi connectivity index (χ0n) is 8.36. The molecule has 0 aliphatic rings. The fraction of sp³-hybridized carbons (Fsp3) is 0.444. The summed E-state index contributed by atoms with van der Waals surface area (Å²) in [4.78, 5) is 10.8. The number of nitrogens with zero attached hydrogens (tertiary/aromatic N) is 2. The van der Waals surface area contributed by atoms with Crippen LogP contribution in [0.1, 0.15) is 0 Å². The van der Waals surface area contributed by atoms with Gasteiger partial charge in [-0.1, -0.05) is 6.08 Å². The Morgan fingerprint density at radius 2 is 2.15 bits per heavy atom. The van der Waals surface area contributed by atoms with Gasteiger partial charge >= 0.3 is 5.97 Å². The Kier molecular flexibility index (Phi) is 5.63. The maximum Gasteiger partial charge on any atom is 0.331 e. The second-order valence-electron chi connectivity index (χ2n) is 2.60. The van der Waals surface area contributed by atoms with Crippen molar-refractivity contribution < 1.29 is 9.53 Å². The maximum absolute atomic E-state index is 10.8. The molecule has 0 aliphatic heterocycles. The highest BCUT2D eigenvalue weighted by Gasteiger charge is 1.99. The maximum atomic E-state index is 10.8. The Morgan fingerprint density at radius 1 is 1.54 bits per heavy atom. The number of hydrogen-bond donors (Lipinski definition) is 0. The van der Waals surface area contributed by atoms with E-state index in [0.29, 0.717) is 6.54 Å². The van der Waals surface area contributed by atoms with Crippen LogP contribution in [-0.4, -0.2) is 43.7 Å². The Hall–Kier alpha value is -1.29. The average Bonchev–Trinajstić information content (AvgIpc) is 2.11. The van der Waals surface area contributed by atoms with Crippen LogP contribution >= 0.6 is 0 Å². The summed E-state index contributed by atoms with van der Waals surface area (Å²) in [5.41, 5.74) is 0. The molecule has 0 spiro atoms. The number of hydrogen-bond acceptors (Lipinski definition) is 4. The normalized spacial score (nSPS) is 10.5. The van der Waals surface area contributed by atoms with E-state index in [0.717, 1.165) is 0 Å².